The number of nitrogens with zero attached hydrogens (tertiary/aromatic N) is 2. The molecule has 6 nitrogen and oxygen atoms in total. The van der Waals surface area contributed by atoms with E-state index in [2.05, 4.69) is 29.2 Å². The Kier molecular flexibility index (Phi) is 4.98. The van der Waals surface area contributed by atoms with Crippen LogP contribution in [0.4, 0.5) is 0 Å². The van der Waals surface area contributed by atoms with Gasteiger partial charge in [-0.2, -0.15) is 0 Å². The first-order chi connectivity index (χ1) is 13.2. The van der Waals surface area contributed by atoms with Crippen LogP contribution in [0.2, 0.25) is 0 Å². The van der Waals surface area contributed by atoms with E-state index in [-0.39, 0.29) is 17.4 Å². The first-order valence-electron chi connectivity index (χ1n) is 9.12. The third-order valence-corrected chi connectivity index (χ3v) is 4.87. The molecule has 2 heterocycles. The molecule has 0 aliphatic carbocycles. The van der Waals surface area contributed by atoms with Gasteiger partial charge in [0.1, 0.15) is 12.0 Å². The molecule has 1 amide bonds. The minimum absolute atomic E-state index is 0.0900. The molecule has 1 saturated heterocycles. The van der Waals surface area contributed by atoms with Gasteiger partial charge in [-0.15, -0.1) is 0 Å². The van der Waals surface area contributed by atoms with Crippen LogP contribution in [0.3, 0.4) is 0 Å². The van der Waals surface area contributed by atoms with Crippen LogP contribution in [0.15, 0.2) is 60.6 Å². The summed E-state index contributed by atoms with van der Waals surface area (Å²) in [5, 5.41) is 9.47. The van der Waals surface area contributed by atoms with Gasteiger partial charge in [-0.05, 0) is 24.1 Å². The first-order valence-corrected chi connectivity index (χ1v) is 9.12. The highest BCUT2D eigenvalue weighted by molar-refractivity contribution is 5.92. The summed E-state index contributed by atoms with van der Waals surface area (Å²) in [4.78, 5) is 16.9. The van der Waals surface area contributed by atoms with E-state index in [1.54, 1.807) is 11.0 Å². The van der Waals surface area contributed by atoms with E-state index >= 15 is 0 Å². The molecule has 27 heavy (non-hydrogen) atoms. The minimum atomic E-state index is -0.170. The lowest BCUT2D eigenvalue weighted by Gasteiger charge is -2.35. The van der Waals surface area contributed by atoms with Crippen LogP contribution in [0.25, 0.3) is 0 Å². The predicted molar refractivity (Wildman–Crippen MR) is 101 cm³/mol. The van der Waals surface area contributed by atoms with E-state index in [1.165, 1.54) is 24.0 Å². The average molecular weight is 366 g/mol. The van der Waals surface area contributed by atoms with E-state index in [1.807, 2.05) is 6.07 Å². The summed E-state index contributed by atoms with van der Waals surface area (Å²) in [7, 11) is 0. The minimum Gasteiger partial charge on any atom is -0.508 e. The van der Waals surface area contributed by atoms with Gasteiger partial charge >= 0.3 is 0 Å². The highest BCUT2D eigenvalue weighted by atomic mass is 16.6. The van der Waals surface area contributed by atoms with Gasteiger partial charge in [0.25, 0.3) is 5.91 Å². The van der Waals surface area contributed by atoms with Crippen LogP contribution in [-0.4, -0.2) is 53.5 Å². The van der Waals surface area contributed by atoms with Gasteiger partial charge in [-0.3, -0.25) is 9.69 Å². The van der Waals surface area contributed by atoms with Crippen molar-refractivity contribution < 1.29 is 19.4 Å². The fourth-order valence-electron chi connectivity index (χ4n) is 3.29. The molecule has 0 saturated carbocycles. The molecular formula is C21H22N2O4. The second-order valence-corrected chi connectivity index (χ2v) is 6.70. The van der Waals surface area contributed by atoms with Gasteiger partial charge in [-0.25, -0.2) is 0 Å². The maximum absolute atomic E-state index is 12.7. The topological polar surface area (TPSA) is 62.2 Å². The Bertz CT molecular complexity index is 843. The number of hydrogen-bond acceptors (Lipinski definition) is 5. The molecule has 0 bridgehead atoms. The Morgan fingerprint density at radius 1 is 1.00 bits per heavy atom. The van der Waals surface area contributed by atoms with Gasteiger partial charge in [0.05, 0.1) is 0 Å². The number of fused-ring (bicyclic) bond motifs is 1. The predicted octanol–water partition coefficient (Wildman–Crippen LogP) is 2.39. The fourth-order valence-corrected chi connectivity index (χ4v) is 3.29. The molecule has 2 aromatic carbocycles. The lowest BCUT2D eigenvalue weighted by Crippen LogP contribution is -2.50. The second kappa shape index (κ2) is 7.72. The molecule has 0 spiro atoms. The largest absolute Gasteiger partial charge is 0.508 e. The van der Waals surface area contributed by atoms with Crippen LogP contribution >= 0.6 is 0 Å². The highest BCUT2D eigenvalue weighted by Gasteiger charge is 2.27. The van der Waals surface area contributed by atoms with Gasteiger partial charge in [0.2, 0.25) is 5.76 Å². The van der Waals surface area contributed by atoms with E-state index < -0.39 is 0 Å². The van der Waals surface area contributed by atoms with Crippen molar-refractivity contribution in [1.82, 2.24) is 9.80 Å². The summed E-state index contributed by atoms with van der Waals surface area (Å²) < 4.78 is 11.1. The van der Waals surface area contributed by atoms with Crippen molar-refractivity contribution >= 4 is 5.91 Å². The standard InChI is InChI=1S/C21H22N2O4/c24-17-6-7-18-19(14-17)26-15-20(27-18)21(25)23-12-10-22(11-13-23)9-8-16-4-2-1-3-5-16/h1-7,14-15,24H,8-13H2. The molecule has 6 heteroatoms. The summed E-state index contributed by atoms with van der Waals surface area (Å²) >= 11 is 0. The molecule has 0 radical (unpaired) electrons. The normalized spacial score (nSPS) is 16.7. The number of phenols is 1. The number of phenolic OH excluding ortho intramolecular Hbond substituents is 1. The SMILES string of the molecule is O=C(C1=COc2cc(O)ccc2O1)N1CCN(CCc2ccccc2)CC1. The molecule has 4 rings (SSSR count). The number of aromatic hydroxyl groups is 1. The third kappa shape index (κ3) is 4.06. The molecule has 0 unspecified atom stereocenters. The summed E-state index contributed by atoms with van der Waals surface area (Å²) in [5.41, 5.74) is 1.33. The molecule has 0 atom stereocenters. The molecule has 2 aliphatic rings. The van der Waals surface area contributed by atoms with Crippen molar-refractivity contribution in [3.05, 3.63) is 66.1 Å². The Morgan fingerprint density at radius 3 is 2.56 bits per heavy atom. The van der Waals surface area contributed by atoms with Gasteiger partial charge < -0.3 is 19.5 Å². The zero-order chi connectivity index (χ0) is 18.6. The number of ether oxygens (including phenoxy) is 2. The third-order valence-electron chi connectivity index (χ3n) is 4.87. The van der Waals surface area contributed by atoms with Gasteiger partial charge in [-0.1, -0.05) is 30.3 Å². The Morgan fingerprint density at radius 2 is 1.78 bits per heavy atom. The molecule has 140 valence electrons. The van der Waals surface area contributed by atoms with E-state index in [0.717, 1.165) is 26.1 Å². The number of amides is 1. The van der Waals surface area contributed by atoms with E-state index in [0.29, 0.717) is 24.6 Å². The van der Waals surface area contributed by atoms with Crippen LogP contribution in [-0.2, 0) is 11.2 Å². The fraction of sp³-hybridized carbons (Fsp3) is 0.286. The number of piperazine rings is 1. The molecule has 1 fully saturated rings. The zero-order valence-corrected chi connectivity index (χ0v) is 15.0. The number of benzene rings is 2. The number of carbonyl (C=O) groups excluding carboxylic acids is 1. The maximum atomic E-state index is 12.7. The zero-order valence-electron chi connectivity index (χ0n) is 15.0. The molecule has 1 N–H and O–H groups in total. The monoisotopic (exact) mass is 366 g/mol. The van der Waals surface area contributed by atoms with Crippen LogP contribution in [0.1, 0.15) is 5.56 Å². The summed E-state index contributed by atoms with van der Waals surface area (Å²) in [6.07, 6.45) is 2.33. The molecule has 2 aliphatic heterocycles. The van der Waals surface area contributed by atoms with Crippen LogP contribution < -0.4 is 9.47 Å². The van der Waals surface area contributed by atoms with Crippen molar-refractivity contribution in [2.45, 2.75) is 6.42 Å². The van der Waals surface area contributed by atoms with E-state index in [9.17, 15) is 9.90 Å². The van der Waals surface area contributed by atoms with Gasteiger partial charge in [0.15, 0.2) is 11.5 Å². The van der Waals surface area contributed by atoms with Crippen LogP contribution in [0, 0.1) is 0 Å². The number of hydrogen-bond donors (Lipinski definition) is 1. The molecular weight excluding hydrogens is 344 g/mol. The highest BCUT2D eigenvalue weighted by Crippen LogP contribution is 2.35. The number of carbonyl (C=O) groups is 1. The first kappa shape index (κ1) is 17.4. The molecule has 2 aromatic rings. The summed E-state index contributed by atoms with van der Waals surface area (Å²) in [5.74, 6) is 0.923. The Labute approximate surface area is 158 Å². The second-order valence-electron chi connectivity index (χ2n) is 6.70. The Balaban J connectivity index is 1.29. The summed E-state index contributed by atoms with van der Waals surface area (Å²) in [6, 6.07) is 15.0. The number of rotatable bonds is 4. The smallest absolute Gasteiger partial charge is 0.292 e. The van der Waals surface area contributed by atoms with Crippen LogP contribution in [0.5, 0.6) is 17.2 Å². The van der Waals surface area contributed by atoms with Crippen molar-refractivity contribution in [3.8, 4) is 17.2 Å². The average Bonchev–Trinajstić information content (AvgIpc) is 2.72. The van der Waals surface area contributed by atoms with Gasteiger partial charge in [0, 0.05) is 38.8 Å². The van der Waals surface area contributed by atoms with Crippen molar-refractivity contribution in [2.24, 2.45) is 0 Å². The van der Waals surface area contributed by atoms with Crippen molar-refractivity contribution in [2.75, 3.05) is 32.7 Å². The quantitative estimate of drug-likeness (QED) is 0.900. The maximum Gasteiger partial charge on any atom is 0.292 e. The molecule has 0 aromatic heterocycles. The van der Waals surface area contributed by atoms with Crippen molar-refractivity contribution in [3.63, 3.8) is 0 Å². The summed E-state index contributed by atoms with van der Waals surface area (Å²) in [6.45, 7) is 4.01. The lowest BCUT2D eigenvalue weighted by atomic mass is 10.1. The van der Waals surface area contributed by atoms with Crippen molar-refractivity contribution in [1.29, 1.82) is 0 Å². The van der Waals surface area contributed by atoms with E-state index in [4.69, 9.17) is 9.47 Å². The lowest BCUT2D eigenvalue weighted by molar-refractivity contribution is -0.131. The Hall–Kier alpha value is -2.99.